The van der Waals surface area contributed by atoms with E-state index in [9.17, 15) is 4.79 Å². The van der Waals surface area contributed by atoms with Gasteiger partial charge in [-0.3, -0.25) is 0 Å². The first-order chi connectivity index (χ1) is 13.2. The van der Waals surface area contributed by atoms with E-state index in [-0.39, 0.29) is 12.1 Å². The molecule has 1 atom stereocenters. The first kappa shape index (κ1) is 18.4. The highest BCUT2D eigenvalue weighted by atomic mass is 16.5. The summed E-state index contributed by atoms with van der Waals surface area (Å²) in [6, 6.07) is 12.9. The molecule has 7 nitrogen and oxygen atoms in total. The van der Waals surface area contributed by atoms with Gasteiger partial charge in [-0.05, 0) is 36.2 Å². The van der Waals surface area contributed by atoms with Crippen LogP contribution in [-0.4, -0.2) is 27.9 Å². The Morgan fingerprint density at radius 3 is 2.81 bits per heavy atom. The van der Waals surface area contributed by atoms with Gasteiger partial charge < -0.3 is 15.4 Å². The molecule has 3 aromatic rings. The van der Waals surface area contributed by atoms with Crippen LogP contribution in [0.15, 0.2) is 61.1 Å². The lowest BCUT2D eigenvalue weighted by Gasteiger charge is -2.20. The molecule has 0 fully saturated rings. The molecule has 27 heavy (non-hydrogen) atoms. The van der Waals surface area contributed by atoms with Crippen molar-refractivity contribution in [2.75, 3.05) is 7.11 Å². The predicted octanol–water partition coefficient (Wildman–Crippen LogP) is 3.23. The number of pyridine rings is 1. The fourth-order valence-electron chi connectivity index (χ4n) is 2.85. The summed E-state index contributed by atoms with van der Waals surface area (Å²) in [7, 11) is 1.63. The maximum atomic E-state index is 12.4. The molecule has 2 heterocycles. The normalized spacial score (nSPS) is 11.6. The van der Waals surface area contributed by atoms with E-state index in [4.69, 9.17) is 4.74 Å². The Morgan fingerprint density at radius 2 is 2.07 bits per heavy atom. The standard InChI is InChI=1S/C20H23N5O2/c1-3-17(16-7-4-5-8-18(16)27-2)24-20(26)22-14-15-9-11-21-19(13-15)25-12-6-10-23-25/h4-13,17H,3,14H2,1-2H3,(H2,22,24,26)/t17-/m0/s1. The monoisotopic (exact) mass is 365 g/mol. The second-order valence-corrected chi connectivity index (χ2v) is 6.00. The van der Waals surface area contributed by atoms with E-state index in [1.807, 2.05) is 55.6 Å². The highest BCUT2D eigenvalue weighted by Gasteiger charge is 2.16. The molecule has 140 valence electrons. The largest absolute Gasteiger partial charge is 0.496 e. The van der Waals surface area contributed by atoms with E-state index in [1.54, 1.807) is 24.2 Å². The van der Waals surface area contributed by atoms with Crippen molar-refractivity contribution in [1.29, 1.82) is 0 Å². The Bertz CT molecular complexity index is 880. The average molecular weight is 365 g/mol. The number of aromatic nitrogens is 3. The summed E-state index contributed by atoms with van der Waals surface area (Å²) >= 11 is 0. The summed E-state index contributed by atoms with van der Waals surface area (Å²) < 4.78 is 7.08. The number of rotatable bonds is 7. The second-order valence-electron chi connectivity index (χ2n) is 6.00. The van der Waals surface area contributed by atoms with Crippen LogP contribution >= 0.6 is 0 Å². The molecule has 3 rings (SSSR count). The molecule has 0 unspecified atom stereocenters. The third-order valence-corrected chi connectivity index (χ3v) is 4.23. The van der Waals surface area contributed by atoms with Crippen molar-refractivity contribution in [2.24, 2.45) is 0 Å². The van der Waals surface area contributed by atoms with Crippen LogP contribution < -0.4 is 15.4 Å². The number of para-hydroxylation sites is 1. The molecule has 0 aliphatic heterocycles. The van der Waals surface area contributed by atoms with Gasteiger partial charge in [-0.25, -0.2) is 14.5 Å². The number of carbonyl (C=O) groups excluding carboxylic acids is 1. The van der Waals surface area contributed by atoms with Crippen molar-refractivity contribution in [3.8, 4) is 11.6 Å². The molecule has 0 radical (unpaired) electrons. The maximum Gasteiger partial charge on any atom is 0.315 e. The molecule has 2 N–H and O–H groups in total. The van der Waals surface area contributed by atoms with Crippen LogP contribution in [0.2, 0.25) is 0 Å². The van der Waals surface area contributed by atoms with Gasteiger partial charge in [0.25, 0.3) is 0 Å². The Balaban J connectivity index is 1.61. The second kappa shape index (κ2) is 8.84. The van der Waals surface area contributed by atoms with Gasteiger partial charge in [0.1, 0.15) is 5.75 Å². The van der Waals surface area contributed by atoms with Crippen molar-refractivity contribution in [1.82, 2.24) is 25.4 Å². The van der Waals surface area contributed by atoms with Crippen molar-refractivity contribution >= 4 is 6.03 Å². The summed E-state index contributed by atoms with van der Waals surface area (Å²) in [4.78, 5) is 16.7. The summed E-state index contributed by atoms with van der Waals surface area (Å²) in [6.45, 7) is 2.42. The SMILES string of the molecule is CC[C@H](NC(=O)NCc1ccnc(-n2cccn2)c1)c1ccccc1OC. The molecule has 0 saturated heterocycles. The lowest BCUT2D eigenvalue weighted by atomic mass is 10.0. The van der Waals surface area contributed by atoms with Crippen LogP contribution in [0.1, 0.15) is 30.5 Å². The highest BCUT2D eigenvalue weighted by Crippen LogP contribution is 2.26. The van der Waals surface area contributed by atoms with Gasteiger partial charge in [0, 0.05) is 30.7 Å². The fourth-order valence-corrected chi connectivity index (χ4v) is 2.85. The van der Waals surface area contributed by atoms with E-state index >= 15 is 0 Å². The number of benzene rings is 1. The van der Waals surface area contributed by atoms with Gasteiger partial charge in [-0.15, -0.1) is 0 Å². The van der Waals surface area contributed by atoms with E-state index in [1.165, 1.54) is 0 Å². The number of urea groups is 1. The van der Waals surface area contributed by atoms with Crippen LogP contribution in [0.3, 0.4) is 0 Å². The van der Waals surface area contributed by atoms with Gasteiger partial charge in [0.15, 0.2) is 5.82 Å². The first-order valence-corrected chi connectivity index (χ1v) is 8.83. The Kier molecular flexibility index (Phi) is 6.04. The van der Waals surface area contributed by atoms with E-state index in [2.05, 4.69) is 20.7 Å². The number of methoxy groups -OCH3 is 1. The van der Waals surface area contributed by atoms with Gasteiger partial charge in [-0.2, -0.15) is 5.10 Å². The minimum Gasteiger partial charge on any atom is -0.496 e. The third kappa shape index (κ3) is 4.63. The van der Waals surface area contributed by atoms with Gasteiger partial charge >= 0.3 is 6.03 Å². The molecule has 2 amide bonds. The van der Waals surface area contributed by atoms with Crippen LogP contribution in [0.4, 0.5) is 4.79 Å². The number of nitrogens with zero attached hydrogens (tertiary/aromatic N) is 3. The smallest absolute Gasteiger partial charge is 0.315 e. The topological polar surface area (TPSA) is 81.1 Å². The Labute approximate surface area is 158 Å². The quantitative estimate of drug-likeness (QED) is 0.674. The van der Waals surface area contributed by atoms with Crippen LogP contribution in [0.25, 0.3) is 5.82 Å². The van der Waals surface area contributed by atoms with Crippen molar-refractivity contribution in [2.45, 2.75) is 25.9 Å². The van der Waals surface area contributed by atoms with Crippen LogP contribution in [0, 0.1) is 0 Å². The molecule has 1 aromatic carbocycles. The zero-order valence-electron chi connectivity index (χ0n) is 15.4. The Morgan fingerprint density at radius 1 is 1.22 bits per heavy atom. The first-order valence-electron chi connectivity index (χ1n) is 8.83. The summed E-state index contributed by atoms with van der Waals surface area (Å²) in [6.07, 6.45) is 5.98. The van der Waals surface area contributed by atoms with E-state index in [0.717, 1.165) is 23.3 Å². The van der Waals surface area contributed by atoms with Crippen molar-refractivity contribution < 1.29 is 9.53 Å². The number of ether oxygens (including phenoxy) is 1. The molecular weight excluding hydrogens is 342 g/mol. The summed E-state index contributed by atoms with van der Waals surface area (Å²) in [5.41, 5.74) is 1.90. The van der Waals surface area contributed by atoms with Crippen molar-refractivity contribution in [3.05, 3.63) is 72.2 Å². The molecule has 0 aliphatic carbocycles. The minimum atomic E-state index is -0.231. The van der Waals surface area contributed by atoms with Crippen molar-refractivity contribution in [3.63, 3.8) is 0 Å². The molecule has 7 heteroatoms. The number of hydrogen-bond acceptors (Lipinski definition) is 4. The zero-order chi connectivity index (χ0) is 19.1. The number of nitrogens with one attached hydrogen (secondary N) is 2. The molecule has 0 spiro atoms. The average Bonchev–Trinajstić information content (AvgIpc) is 3.25. The summed E-state index contributed by atoms with van der Waals surface area (Å²) in [5, 5.41) is 10.1. The van der Waals surface area contributed by atoms with Gasteiger partial charge in [0.2, 0.25) is 0 Å². The number of carbonyl (C=O) groups is 1. The lowest BCUT2D eigenvalue weighted by Crippen LogP contribution is -2.37. The Hall–Kier alpha value is -3.35. The third-order valence-electron chi connectivity index (χ3n) is 4.23. The van der Waals surface area contributed by atoms with E-state index in [0.29, 0.717) is 12.4 Å². The van der Waals surface area contributed by atoms with Gasteiger partial charge in [-0.1, -0.05) is 25.1 Å². The molecule has 0 bridgehead atoms. The van der Waals surface area contributed by atoms with E-state index < -0.39 is 0 Å². The minimum absolute atomic E-state index is 0.127. The molecule has 0 saturated carbocycles. The predicted molar refractivity (Wildman–Crippen MR) is 103 cm³/mol. The zero-order valence-corrected chi connectivity index (χ0v) is 15.4. The number of amides is 2. The molecule has 2 aromatic heterocycles. The maximum absolute atomic E-state index is 12.4. The fraction of sp³-hybridized carbons (Fsp3) is 0.250. The summed E-state index contributed by atoms with van der Waals surface area (Å²) in [5.74, 6) is 1.47. The number of hydrogen-bond donors (Lipinski definition) is 2. The molecular formula is C20H23N5O2. The van der Waals surface area contributed by atoms with Crippen LogP contribution in [-0.2, 0) is 6.54 Å². The molecule has 0 aliphatic rings. The van der Waals surface area contributed by atoms with Gasteiger partial charge in [0.05, 0.1) is 13.2 Å². The highest BCUT2D eigenvalue weighted by molar-refractivity contribution is 5.74. The lowest BCUT2D eigenvalue weighted by molar-refractivity contribution is 0.236. The van der Waals surface area contributed by atoms with Crippen LogP contribution in [0.5, 0.6) is 5.75 Å².